The van der Waals surface area contributed by atoms with Gasteiger partial charge >= 0.3 is 0 Å². The van der Waals surface area contributed by atoms with E-state index in [4.69, 9.17) is 0 Å². The number of hydrogen-bond donors (Lipinski definition) is 0. The number of carbonyl (C=O) groups is 2. The van der Waals surface area contributed by atoms with E-state index in [-0.39, 0.29) is 11.8 Å². The van der Waals surface area contributed by atoms with Crippen LogP contribution in [0.5, 0.6) is 0 Å². The molecular weight excluding hydrogens is 362 g/mol. The normalized spacial score (nSPS) is 16.4. The third-order valence-corrected chi connectivity index (χ3v) is 6.00. The summed E-state index contributed by atoms with van der Waals surface area (Å²) in [4.78, 5) is 33.3. The van der Waals surface area contributed by atoms with Crippen LogP contribution in [-0.2, 0) is 6.54 Å². The van der Waals surface area contributed by atoms with E-state index in [2.05, 4.69) is 11.1 Å². The lowest BCUT2D eigenvalue weighted by molar-refractivity contribution is 0.0723. The second-order valence-electron chi connectivity index (χ2n) is 7.99. The monoisotopic (exact) mass is 385 g/mol. The average Bonchev–Trinajstić information content (AvgIpc) is 3.06. The topological polar surface area (TPSA) is 53.5 Å². The van der Waals surface area contributed by atoms with Gasteiger partial charge in [-0.2, -0.15) is 0 Å². The van der Waals surface area contributed by atoms with Crippen molar-refractivity contribution in [3.05, 3.63) is 65.4 Å². The highest BCUT2D eigenvalue weighted by atomic mass is 16.2. The average molecular weight is 385 g/mol. The molecule has 29 heavy (non-hydrogen) atoms. The summed E-state index contributed by atoms with van der Waals surface area (Å²) < 4.78 is 0. The lowest BCUT2D eigenvalue weighted by atomic mass is 9.97. The van der Waals surface area contributed by atoms with Gasteiger partial charge in [0.25, 0.3) is 11.8 Å². The van der Waals surface area contributed by atoms with Gasteiger partial charge in [0.2, 0.25) is 0 Å². The molecule has 0 N–H and O–H groups in total. The summed E-state index contributed by atoms with van der Waals surface area (Å²) in [5.41, 5.74) is 5.41. The Balaban J connectivity index is 1.52. The number of nitrogens with zero attached hydrogens (tertiary/aromatic N) is 3. The first kappa shape index (κ1) is 17.9. The zero-order valence-electron chi connectivity index (χ0n) is 16.5. The maximum absolute atomic E-state index is 12.8. The van der Waals surface area contributed by atoms with Crippen LogP contribution in [0.3, 0.4) is 0 Å². The van der Waals surface area contributed by atoms with E-state index >= 15 is 0 Å². The molecule has 0 radical (unpaired) electrons. The van der Waals surface area contributed by atoms with Crippen LogP contribution in [0.25, 0.3) is 22.0 Å². The summed E-state index contributed by atoms with van der Waals surface area (Å²) in [7, 11) is 1.82. The fourth-order valence-corrected chi connectivity index (χ4v) is 4.42. The fraction of sp³-hybridized carbons (Fsp3) is 0.292. The van der Waals surface area contributed by atoms with E-state index in [1.54, 1.807) is 11.1 Å². The SMILES string of the molecule is CN1Cc2cc(-c3cccc4cc(C(=O)N5CCCCC5)cnc34)ccc2C1=O. The first-order valence-corrected chi connectivity index (χ1v) is 10.2. The Morgan fingerprint density at radius 2 is 1.83 bits per heavy atom. The molecule has 1 aromatic heterocycles. The number of likely N-dealkylation sites (tertiary alicyclic amines) is 1. The van der Waals surface area contributed by atoms with E-state index in [1.165, 1.54) is 6.42 Å². The highest BCUT2D eigenvalue weighted by Crippen LogP contribution is 2.32. The number of hydrogen-bond acceptors (Lipinski definition) is 3. The minimum atomic E-state index is 0.0726. The summed E-state index contributed by atoms with van der Waals surface area (Å²) in [6.07, 6.45) is 5.05. The summed E-state index contributed by atoms with van der Waals surface area (Å²) >= 11 is 0. The van der Waals surface area contributed by atoms with Crippen LogP contribution < -0.4 is 0 Å². The van der Waals surface area contributed by atoms with Crippen LogP contribution in [0.15, 0.2) is 48.7 Å². The van der Waals surface area contributed by atoms with Crippen LogP contribution in [0.1, 0.15) is 45.5 Å². The van der Waals surface area contributed by atoms with Crippen LogP contribution in [0.4, 0.5) is 0 Å². The van der Waals surface area contributed by atoms with E-state index in [9.17, 15) is 9.59 Å². The maximum atomic E-state index is 12.8. The van der Waals surface area contributed by atoms with Gasteiger partial charge in [0, 0.05) is 49.4 Å². The Labute approximate surface area is 170 Å². The Hall–Kier alpha value is -3.21. The third-order valence-electron chi connectivity index (χ3n) is 6.00. The van der Waals surface area contributed by atoms with Crippen molar-refractivity contribution in [2.24, 2.45) is 0 Å². The van der Waals surface area contributed by atoms with E-state index in [1.807, 2.05) is 48.3 Å². The zero-order chi connectivity index (χ0) is 20.0. The van der Waals surface area contributed by atoms with Gasteiger partial charge in [-0.15, -0.1) is 0 Å². The summed E-state index contributed by atoms with van der Waals surface area (Å²) in [6.45, 7) is 2.30. The largest absolute Gasteiger partial charge is 0.339 e. The molecule has 0 unspecified atom stereocenters. The molecule has 146 valence electrons. The molecule has 3 aromatic rings. The lowest BCUT2D eigenvalue weighted by Crippen LogP contribution is -2.35. The molecule has 2 amide bonds. The number of carbonyl (C=O) groups excluding carboxylic acids is 2. The van der Waals surface area contributed by atoms with Crippen molar-refractivity contribution in [1.82, 2.24) is 14.8 Å². The molecule has 1 fully saturated rings. The van der Waals surface area contributed by atoms with Crippen molar-refractivity contribution in [2.45, 2.75) is 25.8 Å². The van der Waals surface area contributed by atoms with Gasteiger partial charge in [-0.25, -0.2) is 0 Å². The van der Waals surface area contributed by atoms with E-state index < -0.39 is 0 Å². The smallest absolute Gasteiger partial charge is 0.255 e. The van der Waals surface area contributed by atoms with Crippen molar-refractivity contribution in [3.63, 3.8) is 0 Å². The Morgan fingerprint density at radius 1 is 1.00 bits per heavy atom. The molecular formula is C24H23N3O2. The number of piperidine rings is 1. The van der Waals surface area contributed by atoms with Crippen molar-refractivity contribution in [3.8, 4) is 11.1 Å². The molecule has 2 aromatic carbocycles. The maximum Gasteiger partial charge on any atom is 0.255 e. The molecule has 3 heterocycles. The van der Waals surface area contributed by atoms with Crippen molar-refractivity contribution >= 4 is 22.7 Å². The first-order chi connectivity index (χ1) is 14.1. The number of aromatic nitrogens is 1. The second-order valence-corrected chi connectivity index (χ2v) is 7.99. The molecule has 1 saturated heterocycles. The molecule has 5 nitrogen and oxygen atoms in total. The van der Waals surface area contributed by atoms with Crippen LogP contribution in [-0.4, -0.2) is 46.7 Å². The van der Waals surface area contributed by atoms with Crippen molar-refractivity contribution < 1.29 is 9.59 Å². The lowest BCUT2D eigenvalue weighted by Gasteiger charge is -2.26. The molecule has 0 bridgehead atoms. The fourth-order valence-electron chi connectivity index (χ4n) is 4.42. The summed E-state index contributed by atoms with van der Waals surface area (Å²) in [6, 6.07) is 14.0. The Morgan fingerprint density at radius 3 is 2.66 bits per heavy atom. The highest BCUT2D eigenvalue weighted by molar-refractivity contribution is 6.02. The predicted molar refractivity (Wildman–Crippen MR) is 113 cm³/mol. The van der Waals surface area contributed by atoms with Gasteiger partial charge in [0.1, 0.15) is 0 Å². The van der Waals surface area contributed by atoms with Gasteiger partial charge in [-0.1, -0.05) is 24.3 Å². The summed E-state index contributed by atoms with van der Waals surface area (Å²) in [5, 5.41) is 0.957. The standard InChI is InChI=1S/C24H23N3O2/c1-26-15-19-12-16(8-9-21(19)24(26)29)20-7-5-6-17-13-18(14-25-22(17)20)23(28)27-10-3-2-4-11-27/h5-9,12-14H,2-4,10-11,15H2,1H3. The molecule has 0 atom stereocenters. The highest BCUT2D eigenvalue weighted by Gasteiger charge is 2.25. The molecule has 5 rings (SSSR count). The number of benzene rings is 2. The molecule has 5 heteroatoms. The minimum absolute atomic E-state index is 0.0726. The molecule has 2 aliphatic heterocycles. The number of amides is 2. The van der Waals surface area contributed by atoms with Gasteiger partial charge in [0.15, 0.2) is 0 Å². The molecule has 0 saturated carbocycles. The predicted octanol–water partition coefficient (Wildman–Crippen LogP) is 4.11. The number of pyridine rings is 1. The number of rotatable bonds is 2. The van der Waals surface area contributed by atoms with Gasteiger partial charge in [0.05, 0.1) is 11.1 Å². The molecule has 2 aliphatic rings. The van der Waals surface area contributed by atoms with Crippen LogP contribution >= 0.6 is 0 Å². The van der Waals surface area contributed by atoms with Crippen LogP contribution in [0.2, 0.25) is 0 Å². The molecule has 0 spiro atoms. The quantitative estimate of drug-likeness (QED) is 0.667. The minimum Gasteiger partial charge on any atom is -0.339 e. The van der Waals surface area contributed by atoms with Crippen molar-refractivity contribution in [1.29, 1.82) is 0 Å². The zero-order valence-corrected chi connectivity index (χ0v) is 16.5. The molecule has 0 aliphatic carbocycles. The van der Waals surface area contributed by atoms with E-state index in [0.717, 1.165) is 59.1 Å². The first-order valence-electron chi connectivity index (χ1n) is 10.2. The second kappa shape index (κ2) is 6.99. The number of fused-ring (bicyclic) bond motifs is 2. The van der Waals surface area contributed by atoms with E-state index in [0.29, 0.717) is 12.1 Å². The van der Waals surface area contributed by atoms with Gasteiger partial charge in [-0.3, -0.25) is 14.6 Å². The Bertz CT molecular complexity index is 1130. The Kier molecular flexibility index (Phi) is 4.31. The summed E-state index contributed by atoms with van der Waals surface area (Å²) in [5.74, 6) is 0.145. The third kappa shape index (κ3) is 3.07. The van der Waals surface area contributed by atoms with Gasteiger partial charge in [-0.05, 0) is 48.6 Å². The van der Waals surface area contributed by atoms with Gasteiger partial charge < -0.3 is 9.80 Å². The van der Waals surface area contributed by atoms with Crippen molar-refractivity contribution in [2.75, 3.05) is 20.1 Å². The number of para-hydroxylation sites is 1. The van der Waals surface area contributed by atoms with Crippen LogP contribution in [0, 0.1) is 0 Å².